The average molecular weight is 195 g/mol. The fourth-order valence-corrected chi connectivity index (χ4v) is 0.925. The lowest BCUT2D eigenvalue weighted by molar-refractivity contribution is -0.113. The van der Waals surface area contributed by atoms with E-state index in [4.69, 9.17) is 0 Å². The first kappa shape index (κ1) is 9.80. The number of benzene rings is 1. The van der Waals surface area contributed by atoms with Crippen molar-refractivity contribution in [3.8, 4) is 0 Å². The molecule has 1 aromatic rings. The molecular formula is C9H9NO2S. The molecular weight excluding hydrogens is 186 g/mol. The van der Waals surface area contributed by atoms with E-state index >= 15 is 0 Å². The minimum Gasteiger partial charge on any atom is -0.325 e. The first-order valence-corrected chi connectivity index (χ1v) is 4.35. The van der Waals surface area contributed by atoms with E-state index in [1.54, 1.807) is 24.3 Å². The Balaban J connectivity index is 2.69. The van der Waals surface area contributed by atoms with Gasteiger partial charge in [0.1, 0.15) is 6.29 Å². The number of carbonyl (C=O) groups excluding carboxylic acids is 2. The number of carbonyl (C=O) groups is 2. The van der Waals surface area contributed by atoms with Gasteiger partial charge in [0.05, 0.1) is 5.75 Å². The van der Waals surface area contributed by atoms with Crippen LogP contribution in [-0.4, -0.2) is 17.9 Å². The van der Waals surface area contributed by atoms with E-state index < -0.39 is 0 Å². The highest BCUT2D eigenvalue weighted by Crippen LogP contribution is 2.07. The maximum atomic E-state index is 10.9. The fraction of sp³-hybridized carbons (Fsp3) is 0.111. The number of hydrogen-bond acceptors (Lipinski definition) is 3. The Morgan fingerprint density at radius 1 is 1.38 bits per heavy atom. The van der Waals surface area contributed by atoms with Crippen molar-refractivity contribution in [2.75, 3.05) is 11.1 Å². The summed E-state index contributed by atoms with van der Waals surface area (Å²) >= 11 is 3.82. The molecule has 68 valence electrons. The van der Waals surface area contributed by atoms with Crippen molar-refractivity contribution in [3.05, 3.63) is 29.8 Å². The third kappa shape index (κ3) is 2.91. The molecule has 0 aromatic heterocycles. The van der Waals surface area contributed by atoms with Crippen LogP contribution in [0.4, 0.5) is 5.69 Å². The van der Waals surface area contributed by atoms with Gasteiger partial charge in [-0.1, -0.05) is 0 Å². The molecule has 0 fully saturated rings. The van der Waals surface area contributed by atoms with Crippen LogP contribution in [0.25, 0.3) is 0 Å². The van der Waals surface area contributed by atoms with Crippen LogP contribution in [0.1, 0.15) is 10.4 Å². The molecule has 1 N–H and O–H groups in total. The fourth-order valence-electron chi connectivity index (χ4n) is 0.846. The van der Waals surface area contributed by atoms with E-state index in [-0.39, 0.29) is 11.7 Å². The summed E-state index contributed by atoms with van der Waals surface area (Å²) in [6.45, 7) is 0. The van der Waals surface area contributed by atoms with Crippen LogP contribution >= 0.6 is 12.6 Å². The van der Waals surface area contributed by atoms with E-state index in [1.165, 1.54) is 0 Å². The van der Waals surface area contributed by atoms with Crippen LogP contribution in [0.3, 0.4) is 0 Å². The maximum absolute atomic E-state index is 10.9. The Bertz CT molecular complexity index is 308. The molecule has 0 spiro atoms. The average Bonchev–Trinajstić information content (AvgIpc) is 2.19. The number of nitrogens with one attached hydrogen (secondary N) is 1. The van der Waals surface area contributed by atoms with Crippen molar-refractivity contribution in [1.82, 2.24) is 0 Å². The molecule has 0 aliphatic rings. The molecule has 13 heavy (non-hydrogen) atoms. The number of amides is 1. The van der Waals surface area contributed by atoms with Crippen LogP contribution in [0.2, 0.25) is 0 Å². The maximum Gasteiger partial charge on any atom is 0.234 e. The summed E-state index contributed by atoms with van der Waals surface area (Å²) in [5.74, 6) is -0.0164. The highest BCUT2D eigenvalue weighted by molar-refractivity contribution is 7.81. The highest BCUT2D eigenvalue weighted by atomic mass is 32.1. The first-order valence-electron chi connectivity index (χ1n) is 3.72. The van der Waals surface area contributed by atoms with Gasteiger partial charge in [0.15, 0.2) is 0 Å². The van der Waals surface area contributed by atoms with Crippen LogP contribution in [0.5, 0.6) is 0 Å². The van der Waals surface area contributed by atoms with Gasteiger partial charge in [-0.2, -0.15) is 12.6 Å². The third-order valence-corrected chi connectivity index (χ3v) is 1.76. The second kappa shape index (κ2) is 4.67. The summed E-state index contributed by atoms with van der Waals surface area (Å²) in [4.78, 5) is 21.2. The Morgan fingerprint density at radius 3 is 2.46 bits per heavy atom. The van der Waals surface area contributed by atoms with Crippen LogP contribution in [-0.2, 0) is 4.79 Å². The number of anilines is 1. The lowest BCUT2D eigenvalue weighted by atomic mass is 10.2. The predicted octanol–water partition coefficient (Wildman–Crippen LogP) is 1.37. The molecule has 0 radical (unpaired) electrons. The Kier molecular flexibility index (Phi) is 3.52. The van der Waals surface area contributed by atoms with Gasteiger partial charge in [-0.05, 0) is 24.3 Å². The number of thiol groups is 1. The normalized spacial score (nSPS) is 9.31. The summed E-state index contributed by atoms with van der Waals surface area (Å²) in [6, 6.07) is 6.62. The zero-order valence-electron chi connectivity index (χ0n) is 6.86. The Hall–Kier alpha value is -1.29. The summed E-state index contributed by atoms with van der Waals surface area (Å²) in [6.07, 6.45) is 0.754. The van der Waals surface area contributed by atoms with E-state index in [2.05, 4.69) is 17.9 Å². The zero-order valence-corrected chi connectivity index (χ0v) is 7.75. The van der Waals surface area contributed by atoms with Gasteiger partial charge >= 0.3 is 0 Å². The predicted molar refractivity (Wildman–Crippen MR) is 54.3 cm³/mol. The quantitative estimate of drug-likeness (QED) is 0.565. The molecule has 0 heterocycles. The Labute approximate surface area is 81.6 Å². The van der Waals surface area contributed by atoms with Crippen molar-refractivity contribution in [1.29, 1.82) is 0 Å². The number of aldehydes is 1. The molecule has 1 aromatic carbocycles. The third-order valence-electron chi connectivity index (χ3n) is 1.47. The van der Waals surface area contributed by atoms with Gasteiger partial charge in [0.2, 0.25) is 5.91 Å². The molecule has 0 aliphatic carbocycles. The van der Waals surface area contributed by atoms with Gasteiger partial charge in [-0.15, -0.1) is 0 Å². The van der Waals surface area contributed by atoms with Gasteiger partial charge in [-0.3, -0.25) is 9.59 Å². The molecule has 0 bridgehead atoms. The molecule has 1 amide bonds. The first-order chi connectivity index (χ1) is 6.26. The van der Waals surface area contributed by atoms with Crippen molar-refractivity contribution >= 4 is 30.5 Å². The van der Waals surface area contributed by atoms with Crippen LogP contribution < -0.4 is 5.32 Å². The van der Waals surface area contributed by atoms with Crippen molar-refractivity contribution < 1.29 is 9.59 Å². The molecule has 0 atom stereocenters. The lowest BCUT2D eigenvalue weighted by Crippen LogP contribution is -2.12. The zero-order chi connectivity index (χ0) is 9.68. The molecule has 0 saturated carbocycles. The van der Waals surface area contributed by atoms with Crippen molar-refractivity contribution in [2.45, 2.75) is 0 Å². The smallest absolute Gasteiger partial charge is 0.234 e. The van der Waals surface area contributed by atoms with Gasteiger partial charge in [0.25, 0.3) is 0 Å². The molecule has 0 aliphatic heterocycles. The largest absolute Gasteiger partial charge is 0.325 e. The molecule has 0 unspecified atom stereocenters. The summed E-state index contributed by atoms with van der Waals surface area (Å²) in [5.41, 5.74) is 1.26. The molecule has 4 heteroatoms. The minimum atomic E-state index is -0.165. The van der Waals surface area contributed by atoms with Gasteiger partial charge in [0, 0.05) is 11.3 Å². The van der Waals surface area contributed by atoms with Crippen LogP contribution in [0, 0.1) is 0 Å². The number of rotatable bonds is 3. The van der Waals surface area contributed by atoms with E-state index in [0.717, 1.165) is 6.29 Å². The minimum absolute atomic E-state index is 0.148. The highest BCUT2D eigenvalue weighted by Gasteiger charge is 1.98. The van der Waals surface area contributed by atoms with E-state index in [9.17, 15) is 9.59 Å². The lowest BCUT2D eigenvalue weighted by Gasteiger charge is -2.01. The summed E-state index contributed by atoms with van der Waals surface area (Å²) in [7, 11) is 0. The van der Waals surface area contributed by atoms with Gasteiger partial charge < -0.3 is 5.32 Å². The topological polar surface area (TPSA) is 46.2 Å². The monoisotopic (exact) mass is 195 g/mol. The van der Waals surface area contributed by atoms with Crippen molar-refractivity contribution in [3.63, 3.8) is 0 Å². The van der Waals surface area contributed by atoms with E-state index in [0.29, 0.717) is 11.3 Å². The van der Waals surface area contributed by atoms with E-state index in [1.807, 2.05) is 0 Å². The molecule has 1 rings (SSSR count). The molecule has 0 saturated heterocycles. The number of hydrogen-bond donors (Lipinski definition) is 2. The molecule has 3 nitrogen and oxygen atoms in total. The van der Waals surface area contributed by atoms with Gasteiger partial charge in [-0.25, -0.2) is 0 Å². The van der Waals surface area contributed by atoms with Crippen LogP contribution in [0.15, 0.2) is 24.3 Å². The second-order valence-corrected chi connectivity index (χ2v) is 2.76. The Morgan fingerprint density at radius 2 is 2.00 bits per heavy atom. The summed E-state index contributed by atoms with van der Waals surface area (Å²) < 4.78 is 0. The standard InChI is InChI=1S/C9H9NO2S/c11-5-7-1-3-8(4-2-7)10-9(12)6-13/h1-5,13H,6H2,(H,10,12). The second-order valence-electron chi connectivity index (χ2n) is 2.45. The summed E-state index contributed by atoms with van der Waals surface area (Å²) in [5, 5.41) is 2.61. The van der Waals surface area contributed by atoms with Crippen molar-refractivity contribution in [2.24, 2.45) is 0 Å². The SMILES string of the molecule is O=Cc1ccc(NC(=O)CS)cc1.